The van der Waals surface area contributed by atoms with Gasteiger partial charge in [-0.05, 0) is 30.7 Å². The highest BCUT2D eigenvalue weighted by atomic mass is 79.9. The Morgan fingerprint density at radius 1 is 1.17 bits per heavy atom. The van der Waals surface area contributed by atoms with Crippen LogP contribution in [0.5, 0.6) is 0 Å². The van der Waals surface area contributed by atoms with E-state index in [4.69, 9.17) is 11.6 Å². The molecule has 6 heteroatoms. The maximum atomic E-state index is 12.0. The van der Waals surface area contributed by atoms with Crippen molar-refractivity contribution >= 4 is 39.3 Å². The Morgan fingerprint density at radius 3 is 2.52 bits per heavy atom. The third-order valence-corrected chi connectivity index (χ3v) is 3.89. The summed E-state index contributed by atoms with van der Waals surface area (Å²) in [6, 6.07) is 14.4. The van der Waals surface area contributed by atoms with Crippen molar-refractivity contribution in [3.8, 4) is 0 Å². The van der Waals surface area contributed by atoms with Crippen LogP contribution < -0.4 is 10.6 Å². The number of hydrogen-bond donors (Lipinski definition) is 2. The molecular formula is C17H16BrClN2O2. The van der Waals surface area contributed by atoms with Crippen LogP contribution in [-0.4, -0.2) is 18.4 Å². The van der Waals surface area contributed by atoms with Crippen molar-refractivity contribution in [3.05, 3.63) is 69.2 Å². The van der Waals surface area contributed by atoms with Crippen LogP contribution in [0.2, 0.25) is 5.02 Å². The minimum Gasteiger partial charge on any atom is -0.348 e. The fourth-order valence-corrected chi connectivity index (χ4v) is 2.93. The van der Waals surface area contributed by atoms with Crippen molar-refractivity contribution in [2.24, 2.45) is 0 Å². The summed E-state index contributed by atoms with van der Waals surface area (Å²) in [5.41, 5.74) is 1.40. The van der Waals surface area contributed by atoms with Gasteiger partial charge in [-0.3, -0.25) is 9.59 Å². The first-order valence-electron chi connectivity index (χ1n) is 7.04. The van der Waals surface area contributed by atoms with E-state index in [1.165, 1.54) is 0 Å². The summed E-state index contributed by atoms with van der Waals surface area (Å²) < 4.78 is 0.706. The molecule has 0 aliphatic rings. The third kappa shape index (κ3) is 5.37. The van der Waals surface area contributed by atoms with E-state index in [2.05, 4.69) is 26.6 Å². The summed E-state index contributed by atoms with van der Waals surface area (Å²) in [7, 11) is 0. The molecule has 0 fully saturated rings. The quantitative estimate of drug-likeness (QED) is 0.811. The highest BCUT2D eigenvalue weighted by molar-refractivity contribution is 9.10. The van der Waals surface area contributed by atoms with Crippen molar-refractivity contribution in [1.29, 1.82) is 0 Å². The normalized spacial score (nSPS) is 11.6. The average Bonchev–Trinajstić information content (AvgIpc) is 2.52. The second-order valence-electron chi connectivity index (χ2n) is 5.04. The Bertz CT molecular complexity index is 687. The van der Waals surface area contributed by atoms with Crippen LogP contribution in [0.4, 0.5) is 0 Å². The largest absolute Gasteiger partial charge is 0.348 e. The molecule has 0 heterocycles. The highest BCUT2D eigenvalue weighted by Gasteiger charge is 2.12. The van der Waals surface area contributed by atoms with E-state index in [-0.39, 0.29) is 24.4 Å². The molecule has 0 aromatic heterocycles. The average molecular weight is 396 g/mol. The Hall–Kier alpha value is -1.85. The molecule has 120 valence electrons. The molecule has 0 spiro atoms. The van der Waals surface area contributed by atoms with Gasteiger partial charge in [0.15, 0.2) is 0 Å². The molecule has 4 nitrogen and oxygen atoms in total. The molecule has 0 unspecified atom stereocenters. The van der Waals surface area contributed by atoms with Crippen LogP contribution in [0.3, 0.4) is 0 Å². The van der Waals surface area contributed by atoms with Crippen molar-refractivity contribution in [3.63, 3.8) is 0 Å². The summed E-state index contributed by atoms with van der Waals surface area (Å²) in [6.07, 6.45) is 0. The van der Waals surface area contributed by atoms with Crippen molar-refractivity contribution in [2.45, 2.75) is 13.0 Å². The Morgan fingerprint density at radius 2 is 1.87 bits per heavy atom. The first-order valence-corrected chi connectivity index (χ1v) is 8.21. The van der Waals surface area contributed by atoms with Gasteiger partial charge < -0.3 is 10.6 Å². The Kier molecular flexibility index (Phi) is 6.19. The van der Waals surface area contributed by atoms with Gasteiger partial charge in [0.1, 0.15) is 0 Å². The molecule has 2 amide bonds. The van der Waals surface area contributed by atoms with Gasteiger partial charge in [-0.25, -0.2) is 0 Å². The number of hydrogen-bond acceptors (Lipinski definition) is 2. The second kappa shape index (κ2) is 8.13. The van der Waals surface area contributed by atoms with Gasteiger partial charge in [-0.15, -0.1) is 0 Å². The molecule has 2 N–H and O–H groups in total. The minimum absolute atomic E-state index is 0.0971. The monoisotopic (exact) mass is 394 g/mol. The first-order chi connectivity index (χ1) is 11.0. The number of carbonyl (C=O) groups is 2. The van der Waals surface area contributed by atoms with Gasteiger partial charge >= 0.3 is 0 Å². The van der Waals surface area contributed by atoms with Crippen LogP contribution in [0.15, 0.2) is 53.0 Å². The lowest BCUT2D eigenvalue weighted by molar-refractivity contribution is -0.120. The van der Waals surface area contributed by atoms with Crippen molar-refractivity contribution in [1.82, 2.24) is 10.6 Å². The van der Waals surface area contributed by atoms with Crippen LogP contribution >= 0.6 is 27.5 Å². The van der Waals surface area contributed by atoms with E-state index in [1.54, 1.807) is 18.2 Å². The maximum Gasteiger partial charge on any atom is 0.251 e. The lowest BCUT2D eigenvalue weighted by Gasteiger charge is -2.14. The van der Waals surface area contributed by atoms with Gasteiger partial charge in [0.05, 0.1) is 12.6 Å². The van der Waals surface area contributed by atoms with Gasteiger partial charge in [-0.1, -0.05) is 57.9 Å². The molecule has 0 saturated heterocycles. The molecular weight excluding hydrogens is 380 g/mol. The van der Waals surface area contributed by atoms with E-state index in [1.807, 2.05) is 37.3 Å². The molecule has 2 aromatic rings. The smallest absolute Gasteiger partial charge is 0.251 e. The summed E-state index contributed by atoms with van der Waals surface area (Å²) in [4.78, 5) is 24.0. The highest BCUT2D eigenvalue weighted by Crippen LogP contribution is 2.19. The van der Waals surface area contributed by atoms with Gasteiger partial charge in [-0.2, -0.15) is 0 Å². The van der Waals surface area contributed by atoms with Crippen LogP contribution in [0.25, 0.3) is 0 Å². The van der Waals surface area contributed by atoms with E-state index in [9.17, 15) is 9.59 Å². The zero-order valence-corrected chi connectivity index (χ0v) is 14.8. The third-order valence-electron chi connectivity index (χ3n) is 3.21. The zero-order chi connectivity index (χ0) is 16.8. The first kappa shape index (κ1) is 17.5. The molecule has 2 rings (SSSR count). The fourth-order valence-electron chi connectivity index (χ4n) is 2.07. The summed E-state index contributed by atoms with van der Waals surface area (Å²) in [5, 5.41) is 5.87. The molecule has 0 aliphatic heterocycles. The maximum absolute atomic E-state index is 12.0. The molecule has 0 radical (unpaired) electrons. The van der Waals surface area contributed by atoms with Gasteiger partial charge in [0.25, 0.3) is 5.91 Å². The molecule has 0 aliphatic carbocycles. The van der Waals surface area contributed by atoms with Crippen molar-refractivity contribution < 1.29 is 9.59 Å². The Labute approximate surface area is 148 Å². The SMILES string of the molecule is C[C@H](NC(=O)CNC(=O)c1cc(Cl)cc(Br)c1)c1ccccc1. The number of benzene rings is 2. The predicted octanol–water partition coefficient (Wildman–Crippen LogP) is 3.71. The molecule has 0 bridgehead atoms. The molecule has 2 aromatic carbocycles. The zero-order valence-electron chi connectivity index (χ0n) is 12.5. The molecule has 1 atom stereocenters. The topological polar surface area (TPSA) is 58.2 Å². The summed E-state index contributed by atoms with van der Waals surface area (Å²) in [6.45, 7) is 1.79. The van der Waals surface area contributed by atoms with E-state index >= 15 is 0 Å². The van der Waals surface area contributed by atoms with Gasteiger partial charge in [0, 0.05) is 15.1 Å². The van der Waals surface area contributed by atoms with Crippen LogP contribution in [0, 0.1) is 0 Å². The summed E-state index contributed by atoms with van der Waals surface area (Å²) >= 11 is 9.18. The number of rotatable bonds is 5. The van der Waals surface area contributed by atoms with E-state index in [0.717, 1.165) is 5.56 Å². The Balaban J connectivity index is 1.87. The van der Waals surface area contributed by atoms with Crippen LogP contribution in [0.1, 0.15) is 28.9 Å². The molecule has 23 heavy (non-hydrogen) atoms. The van der Waals surface area contributed by atoms with Crippen LogP contribution in [-0.2, 0) is 4.79 Å². The number of amides is 2. The number of carbonyl (C=O) groups excluding carboxylic acids is 2. The molecule has 0 saturated carbocycles. The lowest BCUT2D eigenvalue weighted by atomic mass is 10.1. The van der Waals surface area contributed by atoms with E-state index in [0.29, 0.717) is 15.1 Å². The lowest BCUT2D eigenvalue weighted by Crippen LogP contribution is -2.38. The van der Waals surface area contributed by atoms with Crippen molar-refractivity contribution in [2.75, 3.05) is 6.54 Å². The number of halogens is 2. The summed E-state index contributed by atoms with van der Waals surface area (Å²) in [5.74, 6) is -0.605. The standard InChI is InChI=1S/C17H16BrClN2O2/c1-11(12-5-3-2-4-6-12)21-16(22)10-20-17(23)13-7-14(18)9-15(19)8-13/h2-9,11H,10H2,1H3,(H,20,23)(H,21,22)/t11-/m0/s1. The number of nitrogens with one attached hydrogen (secondary N) is 2. The van der Waals surface area contributed by atoms with Gasteiger partial charge in [0.2, 0.25) is 5.91 Å². The van der Waals surface area contributed by atoms with E-state index < -0.39 is 0 Å². The predicted molar refractivity (Wildman–Crippen MR) is 94.5 cm³/mol. The minimum atomic E-state index is -0.351. The fraction of sp³-hybridized carbons (Fsp3) is 0.176. The second-order valence-corrected chi connectivity index (χ2v) is 6.39.